The van der Waals surface area contributed by atoms with Gasteiger partial charge in [0.1, 0.15) is 0 Å². The summed E-state index contributed by atoms with van der Waals surface area (Å²) in [5.74, 6) is 0. The molecule has 3 nitrogen and oxygen atoms in total. The second kappa shape index (κ2) is 27.9. The van der Waals surface area contributed by atoms with E-state index in [1.165, 1.54) is 98.0 Å². The molecule has 17 aromatic rings. The van der Waals surface area contributed by atoms with Gasteiger partial charge < -0.3 is 14.4 Å². The molecule has 16 aromatic carbocycles. The van der Waals surface area contributed by atoms with Gasteiger partial charge in [-0.1, -0.05) is 366 Å². The second-order valence-corrected chi connectivity index (χ2v) is 37.8. The first-order chi connectivity index (χ1) is 55.0. The number of benzene rings is 16. The lowest BCUT2D eigenvalue weighted by Crippen LogP contribution is -2.75. The molecule has 0 spiro atoms. The van der Waals surface area contributed by atoms with Gasteiger partial charge in [0.2, 0.25) is 0 Å². The normalized spacial score (nSPS) is 12.8. The van der Waals surface area contributed by atoms with Gasteiger partial charge in [0.25, 0.3) is 6.71 Å². The Morgan fingerprint density at radius 3 is 0.876 bits per heavy atom. The van der Waals surface area contributed by atoms with Gasteiger partial charge in [-0.2, -0.15) is 0 Å². The van der Waals surface area contributed by atoms with E-state index in [-0.39, 0.29) is 23.0 Å². The Labute approximate surface area is 667 Å². The fourth-order valence-electron chi connectivity index (χ4n) is 18.2. The van der Waals surface area contributed by atoms with E-state index in [1.54, 1.807) is 0 Å². The molecule has 0 amide bonds. The van der Waals surface area contributed by atoms with Gasteiger partial charge in [0.05, 0.1) is 22.4 Å². The summed E-state index contributed by atoms with van der Waals surface area (Å²) in [4.78, 5) is 5.53. The zero-order valence-electron chi connectivity index (χ0n) is 65.8. The first-order valence-corrected chi connectivity index (χ1v) is 42.0. The molecule has 3 heterocycles. The Morgan fingerprint density at radius 2 is 0.540 bits per heavy atom. The molecular formula is C108H90BN3Si. The van der Waals surface area contributed by atoms with Crippen molar-refractivity contribution in [3.05, 3.63) is 399 Å². The molecule has 0 unspecified atom stereocenters. The monoisotopic (exact) mass is 1470 g/mol. The van der Waals surface area contributed by atoms with E-state index in [9.17, 15) is 0 Å². The number of fused-ring (bicyclic) bond motifs is 7. The van der Waals surface area contributed by atoms with Crippen LogP contribution in [0.25, 0.3) is 94.3 Å². The molecule has 2 aliphatic rings. The van der Waals surface area contributed by atoms with Gasteiger partial charge in [0, 0.05) is 61.5 Å². The van der Waals surface area contributed by atoms with Gasteiger partial charge in [-0.3, -0.25) is 0 Å². The Bertz CT molecular complexity index is 6130. The highest BCUT2D eigenvalue weighted by Gasteiger charge is 2.49. The van der Waals surface area contributed by atoms with Crippen LogP contribution >= 0.6 is 0 Å². The number of aromatic nitrogens is 1. The minimum absolute atomic E-state index is 0.213. The fraction of sp³-hybridized carbons (Fsp3) is 0.111. The molecule has 0 fully saturated rings. The van der Waals surface area contributed by atoms with Gasteiger partial charge in [-0.15, -0.1) is 0 Å². The van der Waals surface area contributed by atoms with E-state index < -0.39 is 8.07 Å². The van der Waals surface area contributed by atoms with Crippen molar-refractivity contribution in [3.63, 3.8) is 0 Å². The minimum atomic E-state index is -3.23. The van der Waals surface area contributed by atoms with Crippen LogP contribution in [0.15, 0.2) is 382 Å². The quantitative estimate of drug-likeness (QED) is 0.0842. The van der Waals surface area contributed by atoms with Crippen LogP contribution in [0.5, 0.6) is 0 Å². The average molecular weight is 1470 g/mol. The summed E-state index contributed by atoms with van der Waals surface area (Å²) in [6.07, 6.45) is 0. The van der Waals surface area contributed by atoms with Crippen molar-refractivity contribution in [2.24, 2.45) is 0 Å². The summed E-state index contributed by atoms with van der Waals surface area (Å²) in [6.45, 7) is 21.2. The molecule has 0 aliphatic carbocycles. The Kier molecular flexibility index (Phi) is 17.4. The van der Waals surface area contributed by atoms with E-state index in [0.717, 1.165) is 84.2 Å². The molecule has 19 rings (SSSR count). The standard InChI is InChI=1S/C108H90BN3Si/c1-106(2,3)81-65-89(75-41-23-12-24-42-75)104(90(66-81)76-43-25-13-26-44-76)111-99-71-84(110-97-61-55-79(73-37-19-10-20-38-73)63-93(97)94-64-80(56-62-98(94)110)74-39-21-11-22-40-74)57-59-95(99)109-96-60-58-88(113(85-49-31-16-32-50-85,86-51-33-17-34-52-86)87-53-35-18-36-54-87)72-100(96)112(102-70-83(108(7,8)9)69-101(111)103(102)109)105-91(77-45-27-14-28-46-77)67-82(107(4,5)6)68-92(105)78-47-29-15-30-48-78/h10-72H,1-9H3. The third kappa shape index (κ3) is 12.2. The zero-order chi connectivity index (χ0) is 76.9. The maximum atomic E-state index is 2.78. The van der Waals surface area contributed by atoms with Crippen LogP contribution < -0.4 is 46.9 Å². The van der Waals surface area contributed by atoms with E-state index in [0.29, 0.717) is 0 Å². The molecule has 0 bridgehead atoms. The summed E-state index contributed by atoms with van der Waals surface area (Å²) in [5, 5.41) is 7.68. The Hall–Kier alpha value is -12.8. The van der Waals surface area contributed by atoms with Crippen molar-refractivity contribution in [2.45, 2.75) is 78.6 Å². The summed E-state index contributed by atoms with van der Waals surface area (Å²) in [5.41, 5.74) is 31.0. The van der Waals surface area contributed by atoms with Crippen molar-refractivity contribution >= 4 is 108 Å². The summed E-state index contributed by atoms with van der Waals surface area (Å²) < 4.78 is 2.55. The van der Waals surface area contributed by atoms with E-state index in [4.69, 9.17) is 0 Å². The Balaban J connectivity index is 1.000. The highest BCUT2D eigenvalue weighted by atomic mass is 28.3. The molecule has 113 heavy (non-hydrogen) atoms. The molecule has 0 saturated carbocycles. The molecule has 2 aliphatic heterocycles. The van der Waals surface area contributed by atoms with Crippen LogP contribution in [-0.2, 0) is 16.2 Å². The fourth-order valence-corrected chi connectivity index (χ4v) is 23.0. The van der Waals surface area contributed by atoms with Crippen LogP contribution in [-0.4, -0.2) is 19.4 Å². The van der Waals surface area contributed by atoms with Crippen LogP contribution in [0.1, 0.15) is 79.0 Å². The number of nitrogens with zero attached hydrogens (tertiary/aromatic N) is 3. The van der Waals surface area contributed by atoms with Gasteiger partial charge >= 0.3 is 0 Å². The van der Waals surface area contributed by atoms with Crippen LogP contribution in [0.2, 0.25) is 0 Å². The number of rotatable bonds is 13. The highest BCUT2D eigenvalue weighted by molar-refractivity contribution is 7.20. The predicted molar refractivity (Wildman–Crippen MR) is 487 cm³/mol. The van der Waals surface area contributed by atoms with Crippen LogP contribution in [0, 0.1) is 0 Å². The average Bonchev–Trinajstić information content (AvgIpc) is 1.06. The van der Waals surface area contributed by atoms with Gasteiger partial charge in [-0.05, 0) is 193 Å². The minimum Gasteiger partial charge on any atom is -0.310 e. The molecule has 1 aromatic heterocycles. The maximum Gasteiger partial charge on any atom is 0.252 e. The van der Waals surface area contributed by atoms with Crippen molar-refractivity contribution in [1.29, 1.82) is 0 Å². The Morgan fingerprint density at radius 1 is 0.239 bits per heavy atom. The molecule has 0 saturated heterocycles. The lowest BCUT2D eigenvalue weighted by atomic mass is 9.33. The van der Waals surface area contributed by atoms with E-state index >= 15 is 0 Å². The van der Waals surface area contributed by atoms with E-state index in [1.807, 2.05) is 0 Å². The highest BCUT2D eigenvalue weighted by Crippen LogP contribution is 2.56. The molecule has 0 radical (unpaired) electrons. The molecule has 544 valence electrons. The molecular weight excluding hydrogens is 1380 g/mol. The van der Waals surface area contributed by atoms with E-state index in [2.05, 4.69) is 459 Å². The van der Waals surface area contributed by atoms with Crippen molar-refractivity contribution in [3.8, 4) is 72.4 Å². The topological polar surface area (TPSA) is 11.4 Å². The first-order valence-electron chi connectivity index (χ1n) is 40.0. The summed E-state index contributed by atoms with van der Waals surface area (Å²) in [6, 6.07) is 146. The maximum absolute atomic E-state index is 3.23. The second-order valence-electron chi connectivity index (χ2n) is 34.0. The van der Waals surface area contributed by atoms with Crippen LogP contribution in [0.3, 0.4) is 0 Å². The number of hydrogen-bond acceptors (Lipinski definition) is 2. The van der Waals surface area contributed by atoms with Crippen LogP contribution in [0.4, 0.5) is 34.1 Å². The largest absolute Gasteiger partial charge is 0.310 e. The molecule has 0 N–H and O–H groups in total. The third-order valence-electron chi connectivity index (χ3n) is 24.0. The third-order valence-corrected chi connectivity index (χ3v) is 28.7. The zero-order valence-corrected chi connectivity index (χ0v) is 66.8. The number of anilines is 6. The van der Waals surface area contributed by atoms with Crippen molar-refractivity contribution in [1.82, 2.24) is 4.57 Å². The lowest BCUT2D eigenvalue weighted by Gasteiger charge is -2.47. The predicted octanol–water partition coefficient (Wildman–Crippen LogP) is 24.1. The van der Waals surface area contributed by atoms with Gasteiger partial charge in [-0.25, -0.2) is 0 Å². The SMILES string of the molecule is CC(C)(C)c1cc(-c2ccccc2)c(N2c3cc(-n4c5ccc(-c6ccccc6)cc5c5cc(-c6ccccc6)ccc54)ccc3B3c4ccc([Si](c5ccccc5)(c5ccccc5)c5ccccc5)cc4N(c4c(-c5ccccc5)cc(C(C)(C)C)cc4-c4ccccc4)c4cc(C(C)(C)C)cc2c43)c(-c2ccccc2)c1. The summed E-state index contributed by atoms with van der Waals surface area (Å²) in [7, 11) is -3.23. The lowest BCUT2D eigenvalue weighted by molar-refractivity contribution is 0.590. The number of hydrogen-bond donors (Lipinski definition) is 0. The van der Waals surface area contributed by atoms with Crippen molar-refractivity contribution in [2.75, 3.05) is 9.80 Å². The first kappa shape index (κ1) is 70.6. The smallest absolute Gasteiger partial charge is 0.252 e. The van der Waals surface area contributed by atoms with Gasteiger partial charge in [0.15, 0.2) is 8.07 Å². The van der Waals surface area contributed by atoms with Crippen molar-refractivity contribution < 1.29 is 0 Å². The molecule has 0 atom stereocenters. The molecule has 5 heteroatoms. The summed E-state index contributed by atoms with van der Waals surface area (Å²) >= 11 is 0.